The minimum atomic E-state index is -0.824. The number of methoxy groups -OCH3 is 1. The van der Waals surface area contributed by atoms with Gasteiger partial charge in [-0.15, -0.1) is 0 Å². The Kier molecular flexibility index (Phi) is 4.32. The lowest BCUT2D eigenvalue weighted by Gasteiger charge is -1.98. The van der Waals surface area contributed by atoms with E-state index in [1.807, 2.05) is 0 Å². The lowest BCUT2D eigenvalue weighted by molar-refractivity contribution is -0.139. The second kappa shape index (κ2) is 5.75. The molecule has 0 aromatic carbocycles. The van der Waals surface area contributed by atoms with Gasteiger partial charge in [0.05, 0.1) is 19.1 Å². The lowest BCUT2D eigenvalue weighted by atomic mass is 10.1. The van der Waals surface area contributed by atoms with Gasteiger partial charge in [0, 0.05) is 6.20 Å². The van der Waals surface area contributed by atoms with Crippen LogP contribution in [-0.4, -0.2) is 24.3 Å². The molecule has 0 aliphatic rings. The molecule has 0 aliphatic carbocycles. The zero-order valence-electron chi connectivity index (χ0n) is 8.64. The van der Waals surface area contributed by atoms with Crippen molar-refractivity contribution < 1.29 is 18.7 Å². The van der Waals surface area contributed by atoms with Crippen molar-refractivity contribution >= 4 is 18.3 Å². The highest BCUT2D eigenvalue weighted by Crippen LogP contribution is 2.11. The third-order valence-corrected chi connectivity index (χ3v) is 1.90. The Balaban J connectivity index is 2.84. The molecule has 1 heterocycles. The Bertz CT molecular complexity index is 429. The summed E-state index contributed by atoms with van der Waals surface area (Å²) in [5.41, 5.74) is 0.259. The zero-order chi connectivity index (χ0) is 12.0. The van der Waals surface area contributed by atoms with Crippen LogP contribution in [-0.2, 0) is 9.53 Å². The molecule has 0 N–H and O–H groups in total. The quantitative estimate of drug-likeness (QED) is 0.442. The van der Waals surface area contributed by atoms with E-state index in [9.17, 15) is 14.0 Å². The van der Waals surface area contributed by atoms with Gasteiger partial charge in [-0.25, -0.2) is 4.98 Å². The largest absolute Gasteiger partial charge is 0.469 e. The first-order valence-electron chi connectivity index (χ1n) is 4.52. The number of pyridine rings is 1. The van der Waals surface area contributed by atoms with E-state index in [0.29, 0.717) is 11.8 Å². The van der Waals surface area contributed by atoms with Crippen molar-refractivity contribution in [3.05, 3.63) is 35.4 Å². The number of ether oxygens (including phenoxy) is 1. The standard InChI is InChI=1S/C11H10FNO3/c1-16-10(15)4-2-3-8-5-6-13-11(12)9(8)7-14/h2-3,5-7H,4H2,1H3. The minimum absolute atomic E-state index is 0.0682. The van der Waals surface area contributed by atoms with Gasteiger partial charge in [-0.3, -0.25) is 9.59 Å². The normalized spacial score (nSPS) is 10.4. The summed E-state index contributed by atoms with van der Waals surface area (Å²) in [5.74, 6) is -1.23. The van der Waals surface area contributed by atoms with Gasteiger partial charge < -0.3 is 4.74 Å². The summed E-state index contributed by atoms with van der Waals surface area (Å²) in [6.45, 7) is 0. The number of aldehydes is 1. The second-order valence-corrected chi connectivity index (χ2v) is 2.91. The van der Waals surface area contributed by atoms with E-state index >= 15 is 0 Å². The second-order valence-electron chi connectivity index (χ2n) is 2.91. The van der Waals surface area contributed by atoms with Crippen molar-refractivity contribution in [2.24, 2.45) is 0 Å². The van der Waals surface area contributed by atoms with E-state index in [-0.39, 0.29) is 12.0 Å². The molecule has 16 heavy (non-hydrogen) atoms. The average Bonchev–Trinajstić information content (AvgIpc) is 2.29. The molecule has 0 aliphatic heterocycles. The molecule has 0 spiro atoms. The Hall–Kier alpha value is -2.04. The SMILES string of the molecule is COC(=O)CC=Cc1ccnc(F)c1C=O. The number of rotatable bonds is 4. The van der Waals surface area contributed by atoms with Crippen molar-refractivity contribution in [1.82, 2.24) is 4.98 Å². The number of carbonyl (C=O) groups excluding carboxylic acids is 2. The molecular weight excluding hydrogens is 213 g/mol. The van der Waals surface area contributed by atoms with E-state index in [0.717, 1.165) is 0 Å². The molecule has 1 aromatic rings. The maximum Gasteiger partial charge on any atom is 0.309 e. The summed E-state index contributed by atoms with van der Waals surface area (Å²) in [7, 11) is 1.28. The number of hydrogen-bond acceptors (Lipinski definition) is 4. The first kappa shape index (κ1) is 12.0. The lowest BCUT2D eigenvalue weighted by Crippen LogP contribution is -1.97. The fraction of sp³-hybridized carbons (Fsp3) is 0.182. The van der Waals surface area contributed by atoms with E-state index in [1.165, 1.54) is 31.5 Å². The minimum Gasteiger partial charge on any atom is -0.469 e. The van der Waals surface area contributed by atoms with Gasteiger partial charge in [-0.1, -0.05) is 12.2 Å². The van der Waals surface area contributed by atoms with Gasteiger partial charge in [0.1, 0.15) is 0 Å². The van der Waals surface area contributed by atoms with Crippen LogP contribution in [0.3, 0.4) is 0 Å². The molecule has 1 rings (SSSR count). The van der Waals surface area contributed by atoms with Crippen LogP contribution < -0.4 is 0 Å². The molecule has 0 bridgehead atoms. The van der Waals surface area contributed by atoms with Crippen molar-refractivity contribution in [2.45, 2.75) is 6.42 Å². The Morgan fingerprint density at radius 1 is 1.62 bits per heavy atom. The molecule has 84 valence electrons. The van der Waals surface area contributed by atoms with E-state index in [2.05, 4.69) is 9.72 Å². The van der Waals surface area contributed by atoms with Gasteiger partial charge in [-0.2, -0.15) is 4.39 Å². The van der Waals surface area contributed by atoms with E-state index in [1.54, 1.807) is 0 Å². The summed E-state index contributed by atoms with van der Waals surface area (Å²) in [6.07, 6.45) is 4.68. The molecule has 0 saturated heterocycles. The van der Waals surface area contributed by atoms with Crippen LogP contribution in [0.2, 0.25) is 0 Å². The third-order valence-electron chi connectivity index (χ3n) is 1.90. The van der Waals surface area contributed by atoms with Gasteiger partial charge in [0.2, 0.25) is 5.95 Å². The topological polar surface area (TPSA) is 56.3 Å². The van der Waals surface area contributed by atoms with Crippen LogP contribution in [0.5, 0.6) is 0 Å². The smallest absolute Gasteiger partial charge is 0.309 e. The van der Waals surface area contributed by atoms with Crippen molar-refractivity contribution in [3.63, 3.8) is 0 Å². The average molecular weight is 223 g/mol. The Morgan fingerprint density at radius 2 is 2.38 bits per heavy atom. The highest BCUT2D eigenvalue weighted by Gasteiger charge is 2.05. The summed E-state index contributed by atoms with van der Waals surface area (Å²) in [6, 6.07) is 1.49. The van der Waals surface area contributed by atoms with Crippen molar-refractivity contribution in [3.8, 4) is 0 Å². The zero-order valence-corrected chi connectivity index (χ0v) is 8.64. The predicted octanol–water partition coefficient (Wildman–Crippen LogP) is 1.61. The fourth-order valence-corrected chi connectivity index (χ4v) is 1.09. The Morgan fingerprint density at radius 3 is 3.00 bits per heavy atom. The number of esters is 1. The van der Waals surface area contributed by atoms with Crippen LogP contribution >= 0.6 is 0 Å². The number of aromatic nitrogens is 1. The van der Waals surface area contributed by atoms with E-state index in [4.69, 9.17) is 0 Å². The number of carbonyl (C=O) groups is 2. The molecule has 0 fully saturated rings. The highest BCUT2D eigenvalue weighted by atomic mass is 19.1. The summed E-state index contributed by atoms with van der Waals surface area (Å²) in [5, 5.41) is 0. The van der Waals surface area contributed by atoms with E-state index < -0.39 is 11.9 Å². The molecule has 0 radical (unpaired) electrons. The first-order valence-corrected chi connectivity index (χ1v) is 4.52. The molecule has 0 unspecified atom stereocenters. The molecule has 0 saturated carbocycles. The summed E-state index contributed by atoms with van der Waals surface area (Å²) in [4.78, 5) is 24.7. The van der Waals surface area contributed by atoms with Gasteiger partial charge >= 0.3 is 5.97 Å². The van der Waals surface area contributed by atoms with Crippen molar-refractivity contribution in [1.29, 1.82) is 0 Å². The fourth-order valence-electron chi connectivity index (χ4n) is 1.09. The number of halogens is 1. The molecule has 0 atom stereocenters. The highest BCUT2D eigenvalue weighted by molar-refractivity contribution is 5.82. The van der Waals surface area contributed by atoms with Crippen LogP contribution in [0.15, 0.2) is 18.3 Å². The van der Waals surface area contributed by atoms with Gasteiger partial charge in [-0.05, 0) is 11.6 Å². The van der Waals surface area contributed by atoms with Crippen LogP contribution in [0, 0.1) is 5.95 Å². The molecule has 5 heteroatoms. The van der Waals surface area contributed by atoms with Crippen LogP contribution in [0.25, 0.3) is 6.08 Å². The Labute approximate surface area is 91.8 Å². The number of hydrogen-bond donors (Lipinski definition) is 0. The van der Waals surface area contributed by atoms with Crippen molar-refractivity contribution in [2.75, 3.05) is 7.11 Å². The summed E-state index contributed by atoms with van der Waals surface area (Å²) < 4.78 is 17.5. The number of nitrogens with zero attached hydrogens (tertiary/aromatic N) is 1. The van der Waals surface area contributed by atoms with Gasteiger partial charge in [0.15, 0.2) is 6.29 Å². The third kappa shape index (κ3) is 2.98. The maximum atomic E-state index is 13.0. The maximum absolute atomic E-state index is 13.0. The molecule has 1 aromatic heterocycles. The van der Waals surface area contributed by atoms with Gasteiger partial charge in [0.25, 0.3) is 0 Å². The molecule has 0 amide bonds. The monoisotopic (exact) mass is 223 g/mol. The predicted molar refractivity (Wildman–Crippen MR) is 55.2 cm³/mol. The van der Waals surface area contributed by atoms with Crippen LogP contribution in [0.1, 0.15) is 22.3 Å². The summed E-state index contributed by atoms with van der Waals surface area (Å²) >= 11 is 0. The molecular formula is C11H10FNO3. The molecule has 4 nitrogen and oxygen atoms in total. The van der Waals surface area contributed by atoms with Crippen LogP contribution in [0.4, 0.5) is 4.39 Å². The first-order chi connectivity index (χ1) is 7.69.